The lowest BCUT2D eigenvalue weighted by Crippen LogP contribution is -2.67. The normalized spacial score (nSPS) is 42.0. The van der Waals surface area contributed by atoms with E-state index in [-0.39, 0.29) is 30.1 Å². The lowest BCUT2D eigenvalue weighted by atomic mass is 9.42. The number of hydrogen-bond acceptors (Lipinski definition) is 7. The Morgan fingerprint density at radius 1 is 1.19 bits per heavy atom. The van der Waals surface area contributed by atoms with Crippen molar-refractivity contribution < 1.29 is 33.8 Å². The SMILES string of the molecule is C=C(C=O)[C@@H]1CC[C@@H]2[C@@H](C1)C(=O)[C@@H](O)[C@@H]1[C@](C)(COC(C)=O)[C@@H](OC(C)=O)CC[C@]12C. The van der Waals surface area contributed by atoms with Crippen molar-refractivity contribution in [3.8, 4) is 0 Å². The number of rotatable bonds is 5. The van der Waals surface area contributed by atoms with Crippen molar-refractivity contribution in [2.75, 3.05) is 6.61 Å². The minimum absolute atomic E-state index is 0.0349. The minimum Gasteiger partial charge on any atom is -0.465 e. The number of esters is 2. The molecule has 0 radical (unpaired) electrons. The summed E-state index contributed by atoms with van der Waals surface area (Å²) in [5.41, 5.74) is -0.781. The quantitative estimate of drug-likeness (QED) is 0.403. The van der Waals surface area contributed by atoms with Crippen molar-refractivity contribution in [3.05, 3.63) is 12.2 Å². The molecule has 0 saturated heterocycles. The van der Waals surface area contributed by atoms with Crippen molar-refractivity contribution >= 4 is 24.0 Å². The van der Waals surface area contributed by atoms with Crippen molar-refractivity contribution in [1.29, 1.82) is 0 Å². The number of aliphatic hydroxyl groups is 1. The maximum Gasteiger partial charge on any atom is 0.302 e. The molecule has 3 aliphatic rings. The highest BCUT2D eigenvalue weighted by Gasteiger charge is 2.66. The van der Waals surface area contributed by atoms with Gasteiger partial charge in [-0.1, -0.05) is 20.4 Å². The van der Waals surface area contributed by atoms with Crippen LogP contribution in [0.5, 0.6) is 0 Å². The number of ketones is 1. The molecule has 8 atom stereocenters. The molecule has 0 aromatic rings. The van der Waals surface area contributed by atoms with Gasteiger partial charge in [-0.05, 0) is 54.9 Å². The number of Topliss-reactive ketones (excluding diaryl/α,β-unsaturated/α-hetero) is 1. The third-order valence-electron chi connectivity index (χ3n) is 8.34. The van der Waals surface area contributed by atoms with E-state index in [2.05, 4.69) is 13.5 Å². The first kappa shape index (κ1) is 23.6. The average molecular weight is 435 g/mol. The van der Waals surface area contributed by atoms with Gasteiger partial charge < -0.3 is 14.6 Å². The molecule has 0 bridgehead atoms. The molecule has 7 nitrogen and oxygen atoms in total. The first-order chi connectivity index (χ1) is 14.5. The first-order valence-corrected chi connectivity index (χ1v) is 11.1. The summed E-state index contributed by atoms with van der Waals surface area (Å²) in [5.74, 6) is -1.98. The second-order valence-corrected chi connectivity index (χ2v) is 10.2. The van der Waals surface area contributed by atoms with Crippen LogP contribution in [0.1, 0.15) is 59.8 Å². The van der Waals surface area contributed by atoms with Gasteiger partial charge in [0.15, 0.2) is 5.78 Å². The smallest absolute Gasteiger partial charge is 0.302 e. The van der Waals surface area contributed by atoms with E-state index in [1.54, 1.807) is 0 Å². The van der Waals surface area contributed by atoms with E-state index in [1.807, 2.05) is 6.92 Å². The monoisotopic (exact) mass is 434 g/mol. The molecule has 0 unspecified atom stereocenters. The molecule has 0 heterocycles. The van der Waals surface area contributed by atoms with Crippen LogP contribution in [0, 0.1) is 34.5 Å². The summed E-state index contributed by atoms with van der Waals surface area (Å²) in [6.07, 6.45) is 2.26. The molecular weight excluding hydrogens is 400 g/mol. The van der Waals surface area contributed by atoms with Crippen LogP contribution in [0.3, 0.4) is 0 Å². The predicted octanol–water partition coefficient (Wildman–Crippen LogP) is 2.64. The average Bonchev–Trinajstić information content (AvgIpc) is 2.72. The highest BCUT2D eigenvalue weighted by atomic mass is 16.6. The molecule has 0 amide bonds. The summed E-state index contributed by atoms with van der Waals surface area (Å²) in [6, 6.07) is 0. The zero-order valence-electron chi connectivity index (χ0n) is 18.9. The van der Waals surface area contributed by atoms with Crippen LogP contribution >= 0.6 is 0 Å². The molecule has 0 aromatic heterocycles. The Morgan fingerprint density at radius 2 is 1.87 bits per heavy atom. The molecule has 7 heteroatoms. The first-order valence-electron chi connectivity index (χ1n) is 11.1. The van der Waals surface area contributed by atoms with Gasteiger partial charge in [0, 0.05) is 31.1 Å². The summed E-state index contributed by atoms with van der Waals surface area (Å²) >= 11 is 0. The van der Waals surface area contributed by atoms with Crippen LogP contribution in [0.25, 0.3) is 0 Å². The molecule has 31 heavy (non-hydrogen) atoms. The zero-order chi connectivity index (χ0) is 23.1. The molecule has 3 fully saturated rings. The maximum absolute atomic E-state index is 13.4. The Kier molecular flexibility index (Phi) is 6.47. The molecule has 0 aromatic carbocycles. The van der Waals surface area contributed by atoms with E-state index >= 15 is 0 Å². The molecule has 1 N–H and O–H groups in total. The van der Waals surface area contributed by atoms with Gasteiger partial charge in [0.05, 0.1) is 0 Å². The number of allylic oxidation sites excluding steroid dienone is 1. The standard InChI is InChI=1S/C24H34O7/c1-13(11-25)16-6-7-18-17(10-16)20(28)21(29)22-23(18,4)9-8-19(31-15(3)27)24(22,5)12-30-14(2)26/h11,16-19,21-22,29H,1,6-10,12H2,2-5H3/t16-,17-,18-,19+,21-,22+,23+,24-/m1/s1. The van der Waals surface area contributed by atoms with Crippen molar-refractivity contribution in [3.63, 3.8) is 0 Å². The predicted molar refractivity (Wildman–Crippen MR) is 112 cm³/mol. The lowest BCUT2D eigenvalue weighted by molar-refractivity contribution is -0.224. The highest BCUT2D eigenvalue weighted by molar-refractivity contribution is 5.87. The molecule has 0 spiro atoms. The van der Waals surface area contributed by atoms with Gasteiger partial charge in [-0.3, -0.25) is 19.2 Å². The minimum atomic E-state index is -1.26. The fourth-order valence-electron chi connectivity index (χ4n) is 6.94. The summed E-state index contributed by atoms with van der Waals surface area (Å²) in [6.45, 7) is 10.4. The number of hydrogen-bond donors (Lipinski definition) is 1. The van der Waals surface area contributed by atoms with E-state index < -0.39 is 40.9 Å². The van der Waals surface area contributed by atoms with E-state index in [0.717, 1.165) is 19.1 Å². The Morgan fingerprint density at radius 3 is 2.45 bits per heavy atom. The summed E-state index contributed by atoms with van der Waals surface area (Å²) in [4.78, 5) is 48.0. The highest BCUT2D eigenvalue weighted by Crippen LogP contribution is 2.64. The van der Waals surface area contributed by atoms with Gasteiger partial charge in [-0.15, -0.1) is 0 Å². The Bertz CT molecular complexity index is 789. The van der Waals surface area contributed by atoms with Crippen LogP contribution in [-0.4, -0.2) is 47.9 Å². The van der Waals surface area contributed by atoms with Gasteiger partial charge in [0.2, 0.25) is 0 Å². The number of fused-ring (bicyclic) bond motifs is 3. The largest absolute Gasteiger partial charge is 0.465 e. The van der Waals surface area contributed by atoms with E-state index in [0.29, 0.717) is 24.8 Å². The summed E-state index contributed by atoms with van der Waals surface area (Å²) < 4.78 is 11.0. The van der Waals surface area contributed by atoms with Gasteiger partial charge in [0.1, 0.15) is 25.1 Å². The fraction of sp³-hybridized carbons (Fsp3) is 0.750. The fourth-order valence-corrected chi connectivity index (χ4v) is 6.94. The number of carbonyl (C=O) groups is 4. The molecule has 0 aliphatic heterocycles. The van der Waals surface area contributed by atoms with E-state index in [9.17, 15) is 24.3 Å². The topological polar surface area (TPSA) is 107 Å². The maximum atomic E-state index is 13.4. The molecule has 3 saturated carbocycles. The van der Waals surface area contributed by atoms with Crippen molar-refractivity contribution in [2.24, 2.45) is 34.5 Å². The van der Waals surface area contributed by atoms with Crippen LogP contribution in [0.15, 0.2) is 12.2 Å². The Hall–Kier alpha value is -2.02. The number of carbonyl (C=O) groups excluding carboxylic acids is 4. The summed E-state index contributed by atoms with van der Waals surface area (Å²) in [5, 5.41) is 11.3. The molecule has 172 valence electrons. The summed E-state index contributed by atoms with van der Waals surface area (Å²) in [7, 11) is 0. The molecule has 3 aliphatic carbocycles. The number of aliphatic hydroxyl groups excluding tert-OH is 1. The van der Waals surface area contributed by atoms with Crippen LogP contribution in [-0.2, 0) is 28.7 Å². The van der Waals surface area contributed by atoms with Crippen LogP contribution < -0.4 is 0 Å². The third kappa shape index (κ3) is 3.97. The van der Waals surface area contributed by atoms with Gasteiger partial charge in [0.25, 0.3) is 0 Å². The van der Waals surface area contributed by atoms with Gasteiger partial charge in [-0.25, -0.2) is 0 Å². The molecule has 3 rings (SSSR count). The van der Waals surface area contributed by atoms with E-state index in [1.165, 1.54) is 13.8 Å². The number of ether oxygens (including phenoxy) is 2. The lowest BCUT2D eigenvalue weighted by Gasteiger charge is -2.63. The van der Waals surface area contributed by atoms with E-state index in [4.69, 9.17) is 9.47 Å². The second kappa shape index (κ2) is 8.49. The Balaban J connectivity index is 2.00. The van der Waals surface area contributed by atoms with Crippen molar-refractivity contribution in [1.82, 2.24) is 0 Å². The van der Waals surface area contributed by atoms with Gasteiger partial charge in [-0.2, -0.15) is 0 Å². The third-order valence-corrected chi connectivity index (χ3v) is 8.34. The second-order valence-electron chi connectivity index (χ2n) is 10.2. The van der Waals surface area contributed by atoms with Gasteiger partial charge >= 0.3 is 11.9 Å². The number of aldehydes is 1. The zero-order valence-corrected chi connectivity index (χ0v) is 18.9. The van der Waals surface area contributed by atoms with Crippen LogP contribution in [0.4, 0.5) is 0 Å². The van der Waals surface area contributed by atoms with Crippen molar-refractivity contribution in [2.45, 2.75) is 72.0 Å². The Labute approximate surface area is 183 Å². The van der Waals surface area contributed by atoms with Crippen LogP contribution in [0.2, 0.25) is 0 Å². The molecular formula is C24H34O7.